The Labute approximate surface area is 114 Å². The van der Waals surface area contributed by atoms with E-state index < -0.39 is 11.9 Å². The molecule has 1 N–H and O–H groups in total. The SMILES string of the molecule is N#Cc1ccc(C(=O)Oc2ccc(C(=O)O)cc2)cc1. The minimum Gasteiger partial charge on any atom is -0.478 e. The van der Waals surface area contributed by atoms with Gasteiger partial charge in [0.2, 0.25) is 0 Å². The molecule has 98 valence electrons. The van der Waals surface area contributed by atoms with Gasteiger partial charge in [-0.15, -0.1) is 0 Å². The summed E-state index contributed by atoms with van der Waals surface area (Å²) in [7, 11) is 0. The molecule has 0 radical (unpaired) electrons. The van der Waals surface area contributed by atoms with Crippen LogP contribution in [0.1, 0.15) is 26.3 Å². The molecule has 2 rings (SSSR count). The summed E-state index contributed by atoms with van der Waals surface area (Å²) in [6, 6.07) is 13.5. The molecule has 0 aliphatic heterocycles. The minimum atomic E-state index is -1.05. The number of benzene rings is 2. The molecule has 0 saturated heterocycles. The van der Waals surface area contributed by atoms with Crippen LogP contribution in [0.2, 0.25) is 0 Å². The number of hydrogen-bond acceptors (Lipinski definition) is 4. The Hall–Kier alpha value is -3.13. The fourth-order valence-electron chi connectivity index (χ4n) is 1.51. The highest BCUT2D eigenvalue weighted by molar-refractivity contribution is 5.91. The molecule has 5 heteroatoms. The molecule has 0 aliphatic rings. The highest BCUT2D eigenvalue weighted by atomic mass is 16.5. The van der Waals surface area contributed by atoms with Crippen LogP contribution >= 0.6 is 0 Å². The predicted octanol–water partition coefficient (Wildman–Crippen LogP) is 2.48. The Bertz CT molecular complexity index is 681. The van der Waals surface area contributed by atoms with E-state index in [-0.39, 0.29) is 11.3 Å². The second-order valence-corrected chi connectivity index (χ2v) is 3.91. The smallest absolute Gasteiger partial charge is 0.343 e. The molecule has 20 heavy (non-hydrogen) atoms. The van der Waals surface area contributed by atoms with Crippen LogP contribution in [-0.2, 0) is 0 Å². The molecule has 2 aromatic rings. The van der Waals surface area contributed by atoms with E-state index in [1.54, 1.807) is 0 Å². The van der Waals surface area contributed by atoms with E-state index >= 15 is 0 Å². The standard InChI is InChI=1S/C15H9NO4/c16-9-10-1-3-12(4-2-10)15(19)20-13-7-5-11(6-8-13)14(17)18/h1-8H,(H,17,18). The fraction of sp³-hybridized carbons (Fsp3) is 0. The van der Waals surface area contributed by atoms with Crippen LogP contribution in [0, 0.1) is 11.3 Å². The summed E-state index contributed by atoms with van der Waals surface area (Å²) in [5, 5.41) is 17.4. The van der Waals surface area contributed by atoms with Crippen molar-refractivity contribution in [1.29, 1.82) is 5.26 Å². The van der Waals surface area contributed by atoms with Gasteiger partial charge in [0, 0.05) is 0 Å². The lowest BCUT2D eigenvalue weighted by atomic mass is 10.1. The first-order valence-electron chi connectivity index (χ1n) is 5.66. The van der Waals surface area contributed by atoms with E-state index in [9.17, 15) is 9.59 Å². The number of rotatable bonds is 3. The molecule has 0 heterocycles. The summed E-state index contributed by atoms with van der Waals surface area (Å²) >= 11 is 0. The number of nitrogens with zero attached hydrogens (tertiary/aromatic N) is 1. The van der Waals surface area contributed by atoms with Crippen molar-refractivity contribution in [3.05, 3.63) is 65.2 Å². The van der Waals surface area contributed by atoms with Crippen LogP contribution in [0.5, 0.6) is 5.75 Å². The van der Waals surface area contributed by atoms with E-state index in [0.29, 0.717) is 11.1 Å². The molecule has 0 saturated carbocycles. The van der Waals surface area contributed by atoms with Gasteiger partial charge in [-0.1, -0.05) is 0 Å². The predicted molar refractivity (Wildman–Crippen MR) is 69.5 cm³/mol. The molecule has 0 atom stereocenters. The second-order valence-electron chi connectivity index (χ2n) is 3.91. The van der Waals surface area contributed by atoms with Gasteiger partial charge in [-0.25, -0.2) is 9.59 Å². The normalized spacial score (nSPS) is 9.55. The van der Waals surface area contributed by atoms with Gasteiger partial charge in [0.05, 0.1) is 22.8 Å². The second kappa shape index (κ2) is 5.67. The van der Waals surface area contributed by atoms with Gasteiger partial charge in [0.1, 0.15) is 5.75 Å². The fourth-order valence-corrected chi connectivity index (χ4v) is 1.51. The Morgan fingerprint density at radius 1 is 0.950 bits per heavy atom. The number of ether oxygens (including phenoxy) is 1. The van der Waals surface area contributed by atoms with Crippen LogP contribution in [0.15, 0.2) is 48.5 Å². The molecular formula is C15H9NO4. The number of esters is 1. The first kappa shape index (κ1) is 13.3. The van der Waals surface area contributed by atoms with Crippen molar-refractivity contribution in [1.82, 2.24) is 0 Å². The van der Waals surface area contributed by atoms with Crippen LogP contribution < -0.4 is 4.74 Å². The van der Waals surface area contributed by atoms with Gasteiger partial charge in [-0.3, -0.25) is 0 Å². The Balaban J connectivity index is 2.10. The first-order chi connectivity index (χ1) is 9.60. The van der Waals surface area contributed by atoms with Crippen LogP contribution in [0.3, 0.4) is 0 Å². The highest BCUT2D eigenvalue weighted by Gasteiger charge is 2.09. The van der Waals surface area contributed by atoms with Crippen LogP contribution in [-0.4, -0.2) is 17.0 Å². The lowest BCUT2D eigenvalue weighted by Gasteiger charge is -2.04. The summed E-state index contributed by atoms with van der Waals surface area (Å²) in [4.78, 5) is 22.5. The number of nitriles is 1. The van der Waals surface area contributed by atoms with E-state index in [1.165, 1.54) is 48.5 Å². The third-order valence-corrected chi connectivity index (χ3v) is 2.56. The average Bonchev–Trinajstić information content (AvgIpc) is 2.48. The summed E-state index contributed by atoms with van der Waals surface area (Å²) < 4.78 is 5.09. The van der Waals surface area contributed by atoms with Gasteiger partial charge < -0.3 is 9.84 Å². The van der Waals surface area contributed by atoms with Crippen LogP contribution in [0.25, 0.3) is 0 Å². The topological polar surface area (TPSA) is 87.4 Å². The molecule has 0 aromatic heterocycles. The first-order valence-corrected chi connectivity index (χ1v) is 5.66. The summed E-state index contributed by atoms with van der Waals surface area (Å²) in [5.74, 6) is -1.36. The Morgan fingerprint density at radius 2 is 1.50 bits per heavy atom. The van der Waals surface area contributed by atoms with Gasteiger partial charge in [-0.2, -0.15) is 5.26 Å². The molecule has 0 unspecified atom stereocenters. The number of carboxylic acids is 1. The number of hydrogen-bond donors (Lipinski definition) is 1. The average molecular weight is 267 g/mol. The highest BCUT2D eigenvalue weighted by Crippen LogP contribution is 2.14. The van der Waals surface area contributed by atoms with Crippen molar-refractivity contribution in [2.75, 3.05) is 0 Å². The van der Waals surface area contributed by atoms with Crippen molar-refractivity contribution in [3.8, 4) is 11.8 Å². The lowest BCUT2D eigenvalue weighted by molar-refractivity contribution is 0.0696. The minimum absolute atomic E-state index is 0.114. The van der Waals surface area contributed by atoms with E-state index in [0.717, 1.165) is 0 Å². The van der Waals surface area contributed by atoms with Crippen LogP contribution in [0.4, 0.5) is 0 Å². The van der Waals surface area contributed by atoms with Crippen molar-refractivity contribution in [2.24, 2.45) is 0 Å². The monoisotopic (exact) mass is 267 g/mol. The molecular weight excluding hydrogens is 258 g/mol. The zero-order valence-electron chi connectivity index (χ0n) is 10.2. The largest absolute Gasteiger partial charge is 0.478 e. The Kier molecular flexibility index (Phi) is 3.77. The third kappa shape index (κ3) is 3.00. The number of carboxylic acid groups (broad SMARTS) is 1. The van der Waals surface area contributed by atoms with E-state index in [1.807, 2.05) is 6.07 Å². The zero-order chi connectivity index (χ0) is 14.5. The quantitative estimate of drug-likeness (QED) is 0.681. The van der Waals surface area contributed by atoms with Crippen molar-refractivity contribution in [2.45, 2.75) is 0 Å². The summed E-state index contributed by atoms with van der Waals surface area (Å²) in [6.45, 7) is 0. The molecule has 0 aliphatic carbocycles. The van der Waals surface area contributed by atoms with Crippen molar-refractivity contribution < 1.29 is 19.4 Å². The lowest BCUT2D eigenvalue weighted by Crippen LogP contribution is -2.08. The maximum atomic E-state index is 11.8. The Morgan fingerprint density at radius 3 is 2.00 bits per heavy atom. The maximum Gasteiger partial charge on any atom is 0.343 e. The number of aromatic carboxylic acids is 1. The molecule has 0 amide bonds. The van der Waals surface area contributed by atoms with E-state index in [2.05, 4.69) is 0 Å². The van der Waals surface area contributed by atoms with Gasteiger partial charge in [0.15, 0.2) is 0 Å². The maximum absolute atomic E-state index is 11.8. The summed E-state index contributed by atoms with van der Waals surface area (Å²) in [6.07, 6.45) is 0. The molecule has 5 nitrogen and oxygen atoms in total. The van der Waals surface area contributed by atoms with Gasteiger partial charge >= 0.3 is 11.9 Å². The molecule has 0 fully saturated rings. The zero-order valence-corrected chi connectivity index (χ0v) is 10.2. The summed E-state index contributed by atoms with van der Waals surface area (Å²) in [5.41, 5.74) is 0.877. The number of carbonyl (C=O) groups is 2. The van der Waals surface area contributed by atoms with E-state index in [4.69, 9.17) is 15.1 Å². The van der Waals surface area contributed by atoms with Crippen molar-refractivity contribution in [3.63, 3.8) is 0 Å². The molecule has 0 spiro atoms. The number of carbonyl (C=O) groups excluding carboxylic acids is 1. The van der Waals surface area contributed by atoms with Gasteiger partial charge in [-0.05, 0) is 48.5 Å². The third-order valence-electron chi connectivity index (χ3n) is 2.56. The molecule has 2 aromatic carbocycles. The van der Waals surface area contributed by atoms with Crippen molar-refractivity contribution >= 4 is 11.9 Å². The van der Waals surface area contributed by atoms with Gasteiger partial charge in [0.25, 0.3) is 0 Å². The molecule has 0 bridgehead atoms.